The number of hydrogen-bond donors (Lipinski definition) is 1. The molecule has 0 fully saturated rings. The predicted octanol–water partition coefficient (Wildman–Crippen LogP) is 0.219. The summed E-state index contributed by atoms with van der Waals surface area (Å²) in [5.74, 6) is -0.312. The number of hydrogen-bond acceptors (Lipinski definition) is 3. The molecule has 1 N–H and O–H groups in total. The highest BCUT2D eigenvalue weighted by Gasteiger charge is 1.97. The Labute approximate surface area is 63.3 Å². The number of nitrogens with one attached hydrogen (secondary N) is 1. The molecule has 0 aliphatic heterocycles. The van der Waals surface area contributed by atoms with Crippen molar-refractivity contribution in [2.45, 2.75) is 0 Å². The van der Waals surface area contributed by atoms with E-state index in [0.717, 1.165) is 0 Å². The molecule has 0 bridgehead atoms. The van der Waals surface area contributed by atoms with Crippen molar-refractivity contribution in [3.8, 4) is 0 Å². The topological polar surface area (TPSA) is 59.1 Å². The quantitative estimate of drug-likeness (QED) is 0.484. The van der Waals surface area contributed by atoms with E-state index in [2.05, 4.69) is 10.3 Å². The van der Waals surface area contributed by atoms with Gasteiger partial charge in [-0.3, -0.25) is 9.59 Å². The smallest absolute Gasteiger partial charge is 0.289 e. The van der Waals surface area contributed by atoms with Crippen LogP contribution in [-0.4, -0.2) is 17.2 Å². The van der Waals surface area contributed by atoms with Crippen molar-refractivity contribution in [2.75, 3.05) is 5.32 Å². The molecular weight excluding hydrogens is 144 g/mol. The second-order valence-corrected chi connectivity index (χ2v) is 1.82. The molecule has 1 heterocycles. The van der Waals surface area contributed by atoms with Crippen molar-refractivity contribution in [3.05, 3.63) is 24.4 Å². The number of nitrogens with zero attached hydrogens (tertiary/aromatic N) is 1. The van der Waals surface area contributed by atoms with Crippen LogP contribution in [0.15, 0.2) is 24.4 Å². The SMILES string of the molecule is O=CC(=O)Nc1ccccn1. The second kappa shape index (κ2) is 3.46. The van der Waals surface area contributed by atoms with Crippen molar-refractivity contribution in [1.29, 1.82) is 0 Å². The van der Waals surface area contributed by atoms with Crippen LogP contribution in [0.4, 0.5) is 5.82 Å². The van der Waals surface area contributed by atoms with Crippen LogP contribution >= 0.6 is 0 Å². The van der Waals surface area contributed by atoms with E-state index in [1.165, 1.54) is 6.20 Å². The highest BCUT2D eigenvalue weighted by molar-refractivity contribution is 6.29. The van der Waals surface area contributed by atoms with Crippen LogP contribution in [0.2, 0.25) is 0 Å². The molecule has 0 saturated heterocycles. The molecule has 0 atom stereocenters. The molecule has 1 aromatic rings. The monoisotopic (exact) mass is 150 g/mol. The average molecular weight is 150 g/mol. The summed E-state index contributed by atoms with van der Waals surface area (Å²) >= 11 is 0. The molecule has 4 nitrogen and oxygen atoms in total. The zero-order valence-corrected chi connectivity index (χ0v) is 5.65. The predicted molar refractivity (Wildman–Crippen MR) is 38.9 cm³/mol. The summed E-state index contributed by atoms with van der Waals surface area (Å²) in [5.41, 5.74) is 0. The third-order valence-electron chi connectivity index (χ3n) is 1.02. The van der Waals surface area contributed by atoms with Gasteiger partial charge in [0, 0.05) is 6.20 Å². The number of aldehydes is 1. The van der Waals surface area contributed by atoms with E-state index >= 15 is 0 Å². The van der Waals surface area contributed by atoms with Gasteiger partial charge in [0.2, 0.25) is 6.29 Å². The van der Waals surface area contributed by atoms with Crippen LogP contribution in [0, 0.1) is 0 Å². The van der Waals surface area contributed by atoms with Crippen LogP contribution in [0.5, 0.6) is 0 Å². The van der Waals surface area contributed by atoms with E-state index in [1.54, 1.807) is 18.2 Å². The van der Waals surface area contributed by atoms with E-state index in [1.807, 2.05) is 0 Å². The molecule has 56 valence electrons. The van der Waals surface area contributed by atoms with Gasteiger partial charge >= 0.3 is 0 Å². The van der Waals surface area contributed by atoms with E-state index in [4.69, 9.17) is 0 Å². The Morgan fingerprint density at radius 2 is 2.36 bits per heavy atom. The number of rotatable bonds is 2. The van der Waals surface area contributed by atoms with Gasteiger partial charge in [0.15, 0.2) is 0 Å². The maximum Gasteiger partial charge on any atom is 0.289 e. The molecule has 0 radical (unpaired) electrons. The zero-order valence-electron chi connectivity index (χ0n) is 5.65. The lowest BCUT2D eigenvalue weighted by Gasteiger charge is -1.96. The Balaban J connectivity index is 2.65. The Bertz CT molecular complexity index is 258. The first-order valence-electron chi connectivity index (χ1n) is 3.00. The normalized spacial score (nSPS) is 8.73. The minimum Gasteiger partial charge on any atom is -0.304 e. The van der Waals surface area contributed by atoms with Crippen molar-refractivity contribution >= 4 is 18.0 Å². The average Bonchev–Trinajstić information content (AvgIpc) is 2.06. The second-order valence-electron chi connectivity index (χ2n) is 1.82. The van der Waals surface area contributed by atoms with Crippen LogP contribution in [0.3, 0.4) is 0 Å². The van der Waals surface area contributed by atoms with Gasteiger partial charge in [0.25, 0.3) is 5.91 Å². The lowest BCUT2D eigenvalue weighted by atomic mass is 10.4. The molecule has 0 aromatic carbocycles. The van der Waals surface area contributed by atoms with Gasteiger partial charge in [-0.25, -0.2) is 4.98 Å². The molecule has 4 heteroatoms. The molecule has 0 unspecified atom stereocenters. The van der Waals surface area contributed by atoms with Gasteiger partial charge in [-0.05, 0) is 12.1 Å². The van der Waals surface area contributed by atoms with Crippen LogP contribution in [0.25, 0.3) is 0 Å². The number of amides is 1. The summed E-state index contributed by atoms with van der Waals surface area (Å²) in [7, 11) is 0. The van der Waals surface area contributed by atoms with Crippen molar-refractivity contribution in [3.63, 3.8) is 0 Å². The summed E-state index contributed by atoms with van der Waals surface area (Å²) < 4.78 is 0. The molecule has 1 rings (SSSR count). The van der Waals surface area contributed by atoms with E-state index in [-0.39, 0.29) is 6.29 Å². The van der Waals surface area contributed by atoms with Gasteiger partial charge in [-0.2, -0.15) is 0 Å². The van der Waals surface area contributed by atoms with Gasteiger partial charge in [0.05, 0.1) is 0 Å². The van der Waals surface area contributed by atoms with E-state index < -0.39 is 5.91 Å². The first-order chi connectivity index (χ1) is 5.33. The first-order valence-corrected chi connectivity index (χ1v) is 3.00. The van der Waals surface area contributed by atoms with Crippen molar-refractivity contribution in [2.24, 2.45) is 0 Å². The lowest BCUT2D eigenvalue weighted by Crippen LogP contribution is -2.12. The number of anilines is 1. The molecular formula is C7H6N2O2. The molecule has 0 aliphatic carbocycles. The summed E-state index contributed by atoms with van der Waals surface area (Å²) in [6.45, 7) is 0. The largest absolute Gasteiger partial charge is 0.304 e. The highest BCUT2D eigenvalue weighted by Crippen LogP contribution is 1.97. The minimum absolute atomic E-state index is 0.203. The number of carbonyl (C=O) groups excluding carboxylic acids is 2. The zero-order chi connectivity index (χ0) is 8.10. The fourth-order valence-corrected chi connectivity index (χ4v) is 0.592. The van der Waals surface area contributed by atoms with Crippen molar-refractivity contribution in [1.82, 2.24) is 4.98 Å². The summed E-state index contributed by atoms with van der Waals surface area (Å²) in [4.78, 5) is 24.1. The van der Waals surface area contributed by atoms with Gasteiger partial charge < -0.3 is 5.32 Å². The number of pyridine rings is 1. The van der Waals surface area contributed by atoms with Crippen LogP contribution in [0.1, 0.15) is 0 Å². The van der Waals surface area contributed by atoms with Crippen molar-refractivity contribution < 1.29 is 9.59 Å². The van der Waals surface area contributed by atoms with Gasteiger partial charge in [-0.15, -0.1) is 0 Å². The Kier molecular flexibility index (Phi) is 2.32. The van der Waals surface area contributed by atoms with E-state index in [9.17, 15) is 9.59 Å². The fraction of sp³-hybridized carbons (Fsp3) is 0. The Morgan fingerprint density at radius 1 is 1.55 bits per heavy atom. The number of aromatic nitrogens is 1. The standard InChI is InChI=1S/C7H6N2O2/c10-5-7(11)9-6-3-1-2-4-8-6/h1-5H,(H,8,9,11). The molecule has 1 amide bonds. The third kappa shape index (κ3) is 2.17. The summed E-state index contributed by atoms with van der Waals surface area (Å²) in [6.07, 6.45) is 1.73. The Morgan fingerprint density at radius 3 is 2.91 bits per heavy atom. The fourth-order valence-electron chi connectivity index (χ4n) is 0.592. The van der Waals surface area contributed by atoms with Crippen LogP contribution < -0.4 is 5.32 Å². The van der Waals surface area contributed by atoms with Gasteiger partial charge in [0.1, 0.15) is 5.82 Å². The molecule has 11 heavy (non-hydrogen) atoms. The highest BCUT2D eigenvalue weighted by atomic mass is 16.2. The first kappa shape index (κ1) is 7.40. The third-order valence-corrected chi connectivity index (χ3v) is 1.02. The molecule has 0 saturated carbocycles. The molecule has 0 spiro atoms. The lowest BCUT2D eigenvalue weighted by molar-refractivity contribution is -0.127. The number of carbonyl (C=O) groups is 2. The maximum absolute atomic E-state index is 10.5. The summed E-state index contributed by atoms with van der Waals surface area (Å²) in [5, 5.41) is 2.27. The molecule has 1 aromatic heterocycles. The van der Waals surface area contributed by atoms with E-state index in [0.29, 0.717) is 5.82 Å². The Hall–Kier alpha value is -1.71. The summed E-state index contributed by atoms with van der Waals surface area (Å²) in [6, 6.07) is 5.03. The van der Waals surface area contributed by atoms with Crippen LogP contribution in [-0.2, 0) is 9.59 Å². The molecule has 0 aliphatic rings. The minimum atomic E-state index is -0.691. The van der Waals surface area contributed by atoms with Gasteiger partial charge in [-0.1, -0.05) is 6.07 Å². The maximum atomic E-state index is 10.5.